The van der Waals surface area contributed by atoms with Crippen LogP contribution in [0.4, 0.5) is 5.13 Å². The molecule has 0 saturated carbocycles. The number of rotatable bonds is 43. The van der Waals surface area contributed by atoms with Crippen LogP contribution in [0.1, 0.15) is 81.5 Å². The van der Waals surface area contributed by atoms with E-state index in [1.165, 1.54) is 28.9 Å². The highest BCUT2D eigenvalue weighted by Crippen LogP contribution is 2.38. The molecular weight excluding hydrogens is 1370 g/mol. The standard InChI is InChI=1S/C61H88N16O22S2/c1-61(40-8-12-43(78)13-9-40,41-10-14-44(79)15-11-41)17-16-49(81)66-46(57(92)93)33-51(83)67-47(58(94)95)34-50(82)65-45(6-2-3-20-77-35-42(69-72-77)5-4-7-48(80)68-59-70-71-60(100-59)101(62,96)97)56(91)64-19-30-99-32-31-98-29-18-63-52(84)36-73-21-23-74(37-53(85)86)25-27-76(39-55(89)90)28-26-75(24-22-73)38-54(87)88/h8-15,35,45-47,78-79H,2-7,16-34,36-39H2,1H3,(H,63,84)(H,64,91)(H,65,82)(H,66,81)(H,67,83)(H,85,86)(H,87,88)(H,89,90)(H,92,93)(H,94,95)(H2,62,96,97)(H,68,70,80)/t45-,46-,47-/m0/s1. The third-order valence-electron chi connectivity index (χ3n) is 15.9. The van der Waals surface area contributed by atoms with Crippen molar-refractivity contribution in [3.63, 3.8) is 0 Å². The maximum atomic E-state index is 13.7. The summed E-state index contributed by atoms with van der Waals surface area (Å²) in [6, 6.07) is 7.40. The number of phenols is 2. The van der Waals surface area contributed by atoms with Gasteiger partial charge in [0.1, 0.15) is 29.6 Å². The number of carboxylic acid groups (broad SMARTS) is 5. The van der Waals surface area contributed by atoms with Crippen molar-refractivity contribution >= 4 is 91.8 Å². The van der Waals surface area contributed by atoms with Crippen LogP contribution in [0.5, 0.6) is 11.5 Å². The molecule has 5 rings (SSSR count). The topological polar surface area (TPSA) is 550 Å². The summed E-state index contributed by atoms with van der Waals surface area (Å²) in [7, 11) is -4.10. The van der Waals surface area contributed by atoms with Gasteiger partial charge in [-0.2, -0.15) is 0 Å². The number of aromatic hydroxyl groups is 2. The molecule has 0 radical (unpaired) electrons. The number of nitrogens with two attached hydrogens (primary N) is 1. The Morgan fingerprint density at radius 2 is 1.03 bits per heavy atom. The number of sulfonamides is 1. The molecule has 6 amide bonds. The van der Waals surface area contributed by atoms with Crippen LogP contribution in [0.3, 0.4) is 0 Å². The second kappa shape index (κ2) is 42.0. The molecule has 3 atom stereocenters. The minimum absolute atomic E-state index is 0.00523. The first-order valence-electron chi connectivity index (χ1n) is 32.2. The molecule has 1 fully saturated rings. The van der Waals surface area contributed by atoms with Gasteiger partial charge < -0.3 is 77.1 Å². The quantitative estimate of drug-likeness (QED) is 0.0158. The van der Waals surface area contributed by atoms with Gasteiger partial charge in [0.2, 0.25) is 44.9 Å². The first-order chi connectivity index (χ1) is 47.9. The number of aromatic nitrogens is 5. The Morgan fingerprint density at radius 3 is 1.50 bits per heavy atom. The molecule has 0 unspecified atom stereocenters. The smallest absolute Gasteiger partial charge is 0.326 e. The van der Waals surface area contributed by atoms with Gasteiger partial charge in [-0.1, -0.05) is 47.7 Å². The monoisotopic (exact) mass is 1460 g/mol. The van der Waals surface area contributed by atoms with E-state index >= 15 is 0 Å². The molecule has 2 aromatic heterocycles. The van der Waals surface area contributed by atoms with E-state index in [1.807, 2.05) is 6.92 Å². The summed E-state index contributed by atoms with van der Waals surface area (Å²) in [6.45, 7) is 3.06. The number of primary sulfonamides is 1. The normalized spacial score (nSPS) is 14.8. The lowest BCUT2D eigenvalue weighted by Crippen LogP contribution is -2.51. The molecule has 0 spiro atoms. The molecular formula is C61H88N16O22S2. The molecule has 1 aliphatic rings. The second-order valence-electron chi connectivity index (χ2n) is 23.8. The largest absolute Gasteiger partial charge is 0.508 e. The SMILES string of the molecule is CC(CCC(=O)N[C@@H](CC(=O)N[C@@H](CC(=O)N[C@@H](CCCCn1cc(CCCC(=O)Nc2nnc(S(N)(=O)=O)s2)nn1)C(=O)NCCOCCOCCNC(=O)CN1CCN(CC(=O)O)CCN(CC(=O)O)CCN(CC(=O)O)CC1)C(=O)O)C(=O)O)(c1ccc(O)cc1)c1ccc(O)cc1. The Balaban J connectivity index is 1.11. The first kappa shape index (κ1) is 82.2. The summed E-state index contributed by atoms with van der Waals surface area (Å²) >= 11 is 0.596. The van der Waals surface area contributed by atoms with Crippen molar-refractivity contribution in [2.24, 2.45) is 5.14 Å². The van der Waals surface area contributed by atoms with Crippen LogP contribution in [-0.2, 0) is 90.6 Å². The number of nitrogens with one attached hydrogen (secondary N) is 6. The van der Waals surface area contributed by atoms with E-state index in [-0.39, 0.29) is 179 Å². The molecule has 3 heterocycles. The van der Waals surface area contributed by atoms with Crippen molar-refractivity contribution in [1.82, 2.24) is 71.4 Å². The number of hydrogen-bond acceptors (Lipinski definition) is 26. The first-order valence-corrected chi connectivity index (χ1v) is 34.5. The molecule has 101 heavy (non-hydrogen) atoms. The van der Waals surface area contributed by atoms with Crippen LogP contribution in [-0.4, -0.2) is 290 Å². The van der Waals surface area contributed by atoms with Crippen molar-refractivity contribution in [2.45, 2.75) is 106 Å². The number of aliphatic carboxylic acids is 5. The van der Waals surface area contributed by atoms with E-state index in [2.05, 4.69) is 52.4 Å². The summed E-state index contributed by atoms with van der Waals surface area (Å²) in [5.41, 5.74) is 1.01. The molecule has 556 valence electrons. The van der Waals surface area contributed by atoms with Crippen molar-refractivity contribution in [1.29, 1.82) is 0 Å². The molecule has 0 bridgehead atoms. The highest BCUT2D eigenvalue weighted by molar-refractivity contribution is 7.91. The molecule has 38 nitrogen and oxygen atoms in total. The zero-order valence-corrected chi connectivity index (χ0v) is 57.2. The molecule has 15 N–H and O–H groups in total. The van der Waals surface area contributed by atoms with Crippen LogP contribution in [0.2, 0.25) is 0 Å². The van der Waals surface area contributed by atoms with Gasteiger partial charge in [-0.25, -0.2) is 23.1 Å². The van der Waals surface area contributed by atoms with Crippen molar-refractivity contribution in [3.8, 4) is 11.5 Å². The Kier molecular flexibility index (Phi) is 34.2. The van der Waals surface area contributed by atoms with Crippen molar-refractivity contribution in [3.05, 3.63) is 71.5 Å². The summed E-state index contributed by atoms with van der Waals surface area (Å²) in [5, 5.41) is 104. The lowest BCUT2D eigenvalue weighted by Gasteiger charge is -2.32. The number of phenolic OH excluding ortho intramolecular Hbond substituents is 2. The summed E-state index contributed by atoms with van der Waals surface area (Å²) in [5.74, 6) is -11.0. The predicted octanol–water partition coefficient (Wildman–Crippen LogP) is -2.75. The van der Waals surface area contributed by atoms with Crippen molar-refractivity contribution < 1.29 is 106 Å². The number of ether oxygens (including phenoxy) is 2. The van der Waals surface area contributed by atoms with Crippen LogP contribution in [0, 0.1) is 0 Å². The number of carbonyl (C=O) groups excluding carboxylic acids is 6. The number of hydrogen-bond donors (Lipinski definition) is 14. The fourth-order valence-corrected chi connectivity index (χ4v) is 11.8. The van der Waals surface area contributed by atoms with Crippen LogP contribution < -0.4 is 37.0 Å². The minimum atomic E-state index is -4.10. The van der Waals surface area contributed by atoms with Gasteiger partial charge in [-0.05, 0) is 73.9 Å². The van der Waals surface area contributed by atoms with Crippen molar-refractivity contribution in [2.75, 3.05) is 123 Å². The average molecular weight is 1460 g/mol. The fourth-order valence-electron chi connectivity index (χ4n) is 10.5. The zero-order chi connectivity index (χ0) is 74.1. The van der Waals surface area contributed by atoms with E-state index < -0.39 is 110 Å². The number of unbranched alkanes of at least 4 members (excludes halogenated alkanes) is 1. The Hall–Kier alpha value is -9.42. The predicted molar refractivity (Wildman–Crippen MR) is 355 cm³/mol. The zero-order valence-electron chi connectivity index (χ0n) is 55.6. The number of nitrogens with zero attached hydrogens (tertiary/aromatic N) is 9. The molecule has 2 aromatic carbocycles. The maximum Gasteiger partial charge on any atom is 0.326 e. The average Bonchev–Trinajstić information content (AvgIpc) is 1.44. The number of benzene rings is 2. The van der Waals surface area contributed by atoms with Gasteiger partial charge >= 0.3 is 29.8 Å². The lowest BCUT2D eigenvalue weighted by molar-refractivity contribution is -0.145. The summed E-state index contributed by atoms with van der Waals surface area (Å²) in [6.07, 6.45) is 0.971. The molecule has 0 aliphatic carbocycles. The summed E-state index contributed by atoms with van der Waals surface area (Å²) in [4.78, 5) is 146. The van der Waals surface area contributed by atoms with E-state index in [9.17, 15) is 96.9 Å². The Labute approximate surface area is 584 Å². The van der Waals surface area contributed by atoms with Gasteiger partial charge in [0.05, 0.1) is 71.1 Å². The van der Waals surface area contributed by atoms with Crippen LogP contribution >= 0.6 is 11.3 Å². The highest BCUT2D eigenvalue weighted by Gasteiger charge is 2.33. The van der Waals surface area contributed by atoms with E-state index in [1.54, 1.807) is 50.1 Å². The van der Waals surface area contributed by atoms with Crippen LogP contribution in [0.25, 0.3) is 0 Å². The highest BCUT2D eigenvalue weighted by atomic mass is 32.2. The van der Waals surface area contributed by atoms with Gasteiger partial charge in [0, 0.05) is 96.4 Å². The Bertz CT molecular complexity index is 3450. The number of carboxylic acids is 5. The van der Waals surface area contributed by atoms with Gasteiger partial charge in [0.25, 0.3) is 10.0 Å². The number of aryl methyl sites for hydroxylation is 2. The fraction of sp³-hybridized carbons (Fsp3) is 0.557. The van der Waals surface area contributed by atoms with E-state index in [0.29, 0.717) is 47.4 Å². The van der Waals surface area contributed by atoms with Gasteiger partial charge in [-0.3, -0.25) is 67.4 Å². The number of amides is 6. The van der Waals surface area contributed by atoms with E-state index in [0.717, 1.165) is 0 Å². The maximum absolute atomic E-state index is 13.7. The van der Waals surface area contributed by atoms with Gasteiger partial charge in [0.15, 0.2) is 0 Å². The summed E-state index contributed by atoms with van der Waals surface area (Å²) < 4.78 is 35.3. The third kappa shape index (κ3) is 31.3. The van der Waals surface area contributed by atoms with Crippen LogP contribution in [0.15, 0.2) is 59.1 Å². The number of carbonyl (C=O) groups is 11. The minimum Gasteiger partial charge on any atom is -0.508 e. The lowest BCUT2D eigenvalue weighted by atomic mass is 9.73. The Morgan fingerprint density at radius 1 is 0.564 bits per heavy atom. The second-order valence-corrected chi connectivity index (χ2v) is 26.5. The van der Waals surface area contributed by atoms with E-state index in [4.69, 9.17) is 14.6 Å². The number of anilines is 1. The molecule has 40 heteroatoms. The molecule has 1 aliphatic heterocycles. The van der Waals surface area contributed by atoms with Gasteiger partial charge in [-0.15, -0.1) is 15.3 Å². The molecule has 1 saturated heterocycles. The third-order valence-corrected chi connectivity index (χ3v) is 18.0. The molecule has 4 aromatic rings.